The van der Waals surface area contributed by atoms with Crippen LogP contribution >= 0.6 is 0 Å². The lowest BCUT2D eigenvalue weighted by molar-refractivity contribution is -0.124. The Morgan fingerprint density at radius 3 is 2.11 bits per heavy atom. The minimum absolute atomic E-state index is 0.382. The summed E-state index contributed by atoms with van der Waals surface area (Å²) in [6, 6.07) is 9.02. The molecule has 146 valence electrons. The first kappa shape index (κ1) is 21.0. The third kappa shape index (κ3) is 5.33. The van der Waals surface area contributed by atoms with Gasteiger partial charge in [0.1, 0.15) is 22.6 Å². The Morgan fingerprint density at radius 1 is 0.963 bits per heavy atom. The van der Waals surface area contributed by atoms with Crippen LogP contribution in [0, 0.1) is 17.6 Å². The molecule has 1 unspecified atom stereocenters. The zero-order chi connectivity index (χ0) is 20.2. The van der Waals surface area contributed by atoms with Gasteiger partial charge in [-0.2, -0.15) is 4.72 Å². The van der Waals surface area contributed by atoms with Crippen molar-refractivity contribution in [2.75, 3.05) is 0 Å². The van der Waals surface area contributed by atoms with Gasteiger partial charge < -0.3 is 5.32 Å². The zero-order valence-corrected chi connectivity index (χ0v) is 16.1. The molecule has 0 aromatic heterocycles. The fourth-order valence-electron chi connectivity index (χ4n) is 2.52. The number of rotatable bonds is 7. The minimum Gasteiger partial charge on any atom is -0.348 e. The van der Waals surface area contributed by atoms with E-state index in [-0.39, 0.29) is 5.92 Å². The van der Waals surface area contributed by atoms with Gasteiger partial charge in [-0.05, 0) is 42.7 Å². The molecule has 0 bridgehead atoms. The normalized spacial score (nSPS) is 14.0. The van der Waals surface area contributed by atoms with E-state index in [1.165, 1.54) is 36.4 Å². The summed E-state index contributed by atoms with van der Waals surface area (Å²) in [6.45, 7) is 5.06. The molecule has 2 aromatic carbocycles. The predicted octanol–water partition coefficient (Wildman–Crippen LogP) is 3.15. The Kier molecular flexibility index (Phi) is 6.67. The standard InChI is InChI=1S/C19H22F2N2O3S/c1-12(2)18(23-27(25,26)17-7-5-4-6-16(17)21)19(24)22-13(3)14-8-10-15(20)11-9-14/h4-13,18,23H,1-3H3,(H,22,24)/t13?,18-/m0/s1. The van der Waals surface area contributed by atoms with Gasteiger partial charge in [-0.3, -0.25) is 4.79 Å². The molecule has 0 saturated heterocycles. The molecule has 0 saturated carbocycles. The van der Waals surface area contributed by atoms with Crippen molar-refractivity contribution in [1.82, 2.24) is 10.0 Å². The predicted molar refractivity (Wildman–Crippen MR) is 98.3 cm³/mol. The number of sulfonamides is 1. The van der Waals surface area contributed by atoms with Gasteiger partial charge in [0, 0.05) is 0 Å². The molecule has 0 fully saturated rings. The summed E-state index contributed by atoms with van der Waals surface area (Å²) < 4.78 is 54.1. The van der Waals surface area contributed by atoms with Gasteiger partial charge in [-0.25, -0.2) is 17.2 Å². The average Bonchev–Trinajstić information content (AvgIpc) is 2.60. The molecule has 0 spiro atoms. The van der Waals surface area contributed by atoms with E-state index in [0.29, 0.717) is 5.56 Å². The van der Waals surface area contributed by atoms with Gasteiger partial charge >= 0.3 is 0 Å². The van der Waals surface area contributed by atoms with Crippen molar-refractivity contribution in [3.63, 3.8) is 0 Å². The van der Waals surface area contributed by atoms with Gasteiger partial charge in [-0.1, -0.05) is 38.1 Å². The Bertz CT molecular complexity index is 899. The molecule has 2 atom stereocenters. The van der Waals surface area contributed by atoms with Gasteiger partial charge in [0.2, 0.25) is 15.9 Å². The monoisotopic (exact) mass is 396 g/mol. The van der Waals surface area contributed by atoms with E-state index in [0.717, 1.165) is 12.1 Å². The van der Waals surface area contributed by atoms with Crippen LogP contribution in [0.2, 0.25) is 0 Å². The van der Waals surface area contributed by atoms with Crippen LogP contribution in [0.25, 0.3) is 0 Å². The lowest BCUT2D eigenvalue weighted by Crippen LogP contribution is -2.50. The molecule has 0 radical (unpaired) electrons. The number of nitrogens with one attached hydrogen (secondary N) is 2. The highest BCUT2D eigenvalue weighted by molar-refractivity contribution is 7.89. The number of amides is 1. The van der Waals surface area contributed by atoms with Crippen molar-refractivity contribution in [3.8, 4) is 0 Å². The van der Waals surface area contributed by atoms with E-state index in [9.17, 15) is 22.0 Å². The number of carbonyl (C=O) groups is 1. The molecular formula is C19H22F2N2O3S. The molecular weight excluding hydrogens is 374 g/mol. The highest BCUT2D eigenvalue weighted by atomic mass is 32.2. The molecule has 0 aliphatic carbocycles. The maximum atomic E-state index is 13.9. The maximum Gasteiger partial charge on any atom is 0.244 e. The van der Waals surface area contributed by atoms with Gasteiger partial charge in [0.05, 0.1) is 6.04 Å². The van der Waals surface area contributed by atoms with E-state index in [1.807, 2.05) is 0 Å². The second kappa shape index (κ2) is 8.58. The first-order valence-corrected chi connectivity index (χ1v) is 9.93. The second-order valence-corrected chi connectivity index (χ2v) is 8.24. The van der Waals surface area contributed by atoms with Crippen molar-refractivity contribution in [2.24, 2.45) is 5.92 Å². The number of hydrogen-bond acceptors (Lipinski definition) is 3. The summed E-state index contributed by atoms with van der Waals surface area (Å²) >= 11 is 0. The van der Waals surface area contributed by atoms with Crippen molar-refractivity contribution in [2.45, 2.75) is 37.8 Å². The molecule has 5 nitrogen and oxygen atoms in total. The summed E-state index contributed by atoms with van der Waals surface area (Å²) in [7, 11) is -4.22. The van der Waals surface area contributed by atoms with Crippen LogP contribution in [0.5, 0.6) is 0 Å². The molecule has 2 N–H and O–H groups in total. The summed E-state index contributed by atoms with van der Waals surface area (Å²) in [6.07, 6.45) is 0. The fourth-order valence-corrected chi connectivity index (χ4v) is 3.95. The van der Waals surface area contributed by atoms with E-state index < -0.39 is 44.5 Å². The van der Waals surface area contributed by atoms with E-state index in [1.54, 1.807) is 20.8 Å². The van der Waals surface area contributed by atoms with E-state index in [2.05, 4.69) is 10.0 Å². The van der Waals surface area contributed by atoms with Crippen LogP contribution in [-0.4, -0.2) is 20.4 Å². The topological polar surface area (TPSA) is 75.3 Å². The molecule has 0 aliphatic heterocycles. The molecule has 27 heavy (non-hydrogen) atoms. The smallest absolute Gasteiger partial charge is 0.244 e. The maximum absolute atomic E-state index is 13.9. The quantitative estimate of drug-likeness (QED) is 0.755. The summed E-state index contributed by atoms with van der Waals surface area (Å²) in [5.74, 6) is -2.23. The van der Waals surface area contributed by atoms with Crippen LogP contribution < -0.4 is 10.0 Å². The van der Waals surface area contributed by atoms with E-state index in [4.69, 9.17) is 0 Å². The average molecular weight is 396 g/mol. The molecule has 0 heterocycles. The van der Waals surface area contributed by atoms with Gasteiger partial charge in [-0.15, -0.1) is 0 Å². The molecule has 2 aromatic rings. The Hall–Kier alpha value is -2.32. The SMILES string of the molecule is CC(NC(=O)[C@@H](NS(=O)(=O)c1ccccc1F)C(C)C)c1ccc(F)cc1. The van der Waals surface area contributed by atoms with E-state index >= 15 is 0 Å². The Balaban J connectivity index is 2.18. The Morgan fingerprint density at radius 2 is 1.56 bits per heavy atom. The highest BCUT2D eigenvalue weighted by Gasteiger charge is 2.30. The first-order chi connectivity index (χ1) is 12.6. The molecule has 1 amide bonds. The summed E-state index contributed by atoms with van der Waals surface area (Å²) in [5, 5.41) is 2.70. The Labute approximate surface area is 157 Å². The highest BCUT2D eigenvalue weighted by Crippen LogP contribution is 2.17. The molecule has 8 heteroatoms. The number of carbonyl (C=O) groups excluding carboxylic acids is 1. The van der Waals surface area contributed by atoms with Crippen LogP contribution in [0.1, 0.15) is 32.4 Å². The largest absolute Gasteiger partial charge is 0.348 e. The number of halogens is 2. The van der Waals surface area contributed by atoms with Crippen LogP contribution in [-0.2, 0) is 14.8 Å². The number of benzene rings is 2. The zero-order valence-electron chi connectivity index (χ0n) is 15.2. The van der Waals surface area contributed by atoms with Crippen LogP contribution in [0.3, 0.4) is 0 Å². The molecule has 0 aliphatic rings. The van der Waals surface area contributed by atoms with Crippen LogP contribution in [0.15, 0.2) is 53.4 Å². The fraction of sp³-hybridized carbons (Fsp3) is 0.316. The third-order valence-electron chi connectivity index (χ3n) is 4.09. The van der Waals surface area contributed by atoms with Crippen LogP contribution in [0.4, 0.5) is 8.78 Å². The van der Waals surface area contributed by atoms with Gasteiger partial charge in [0.15, 0.2) is 0 Å². The third-order valence-corrected chi connectivity index (χ3v) is 5.56. The summed E-state index contributed by atoms with van der Waals surface area (Å²) in [4.78, 5) is 12.1. The van der Waals surface area contributed by atoms with Gasteiger partial charge in [0.25, 0.3) is 0 Å². The number of hydrogen-bond donors (Lipinski definition) is 2. The first-order valence-electron chi connectivity index (χ1n) is 8.44. The second-order valence-electron chi connectivity index (χ2n) is 6.56. The lowest BCUT2D eigenvalue weighted by Gasteiger charge is -2.24. The summed E-state index contributed by atoms with van der Waals surface area (Å²) in [5.41, 5.74) is 0.671. The van der Waals surface area contributed by atoms with Crippen molar-refractivity contribution < 1.29 is 22.0 Å². The van der Waals surface area contributed by atoms with Crippen molar-refractivity contribution in [1.29, 1.82) is 0 Å². The van der Waals surface area contributed by atoms with Crippen molar-refractivity contribution >= 4 is 15.9 Å². The van der Waals surface area contributed by atoms with Crippen molar-refractivity contribution in [3.05, 3.63) is 65.7 Å². The lowest BCUT2D eigenvalue weighted by atomic mass is 10.0. The minimum atomic E-state index is -4.22. The molecule has 2 rings (SSSR count).